The van der Waals surface area contributed by atoms with Crippen molar-refractivity contribution in [1.29, 1.82) is 0 Å². The highest BCUT2D eigenvalue weighted by Gasteiger charge is 2.29. The molecule has 1 saturated carbocycles. The molecule has 110 valence electrons. The molecule has 0 spiro atoms. The van der Waals surface area contributed by atoms with Gasteiger partial charge in [-0.05, 0) is 42.8 Å². The van der Waals surface area contributed by atoms with Crippen LogP contribution in [0, 0.1) is 5.92 Å². The molecule has 21 heavy (non-hydrogen) atoms. The third kappa shape index (κ3) is 3.13. The second kappa shape index (κ2) is 6.35. The monoisotopic (exact) mass is 301 g/mol. The minimum atomic E-state index is 0.0493. The smallest absolute Gasteiger partial charge is 0.267 e. The Kier molecular flexibility index (Phi) is 4.29. The molecule has 0 saturated heterocycles. The largest absolute Gasteiger partial charge is 0.331 e. The first-order valence-corrected chi connectivity index (χ1v) is 8.16. The van der Waals surface area contributed by atoms with Gasteiger partial charge in [0.2, 0.25) is 0 Å². The van der Waals surface area contributed by atoms with Crippen LogP contribution in [0.4, 0.5) is 0 Å². The fourth-order valence-corrected chi connectivity index (χ4v) is 3.16. The van der Waals surface area contributed by atoms with Crippen molar-refractivity contribution in [3.63, 3.8) is 0 Å². The molecule has 0 aliphatic heterocycles. The molecule has 4 nitrogen and oxygen atoms in total. The highest BCUT2D eigenvalue weighted by Crippen LogP contribution is 2.31. The quantitative estimate of drug-likeness (QED) is 0.848. The van der Waals surface area contributed by atoms with Gasteiger partial charge in [-0.1, -0.05) is 41.2 Å². The zero-order valence-electron chi connectivity index (χ0n) is 12.1. The van der Waals surface area contributed by atoms with E-state index in [0.29, 0.717) is 10.8 Å². The molecular weight excluding hydrogens is 282 g/mol. The summed E-state index contributed by atoms with van der Waals surface area (Å²) in [4.78, 5) is 15.4. The van der Waals surface area contributed by atoms with Crippen LogP contribution < -0.4 is 0 Å². The Hall–Kier alpha value is -1.75. The van der Waals surface area contributed by atoms with Gasteiger partial charge >= 0.3 is 0 Å². The molecule has 0 N–H and O–H groups in total. The topological polar surface area (TPSA) is 46.1 Å². The number of amides is 1. The van der Waals surface area contributed by atoms with Crippen LogP contribution in [0.25, 0.3) is 0 Å². The maximum Gasteiger partial charge on any atom is 0.267 e. The van der Waals surface area contributed by atoms with E-state index in [-0.39, 0.29) is 11.9 Å². The van der Waals surface area contributed by atoms with Crippen LogP contribution in [0.3, 0.4) is 0 Å². The van der Waals surface area contributed by atoms with E-state index in [1.54, 1.807) is 6.20 Å². The lowest BCUT2D eigenvalue weighted by molar-refractivity contribution is 0.0618. The lowest BCUT2D eigenvalue weighted by Gasteiger charge is -2.36. The summed E-state index contributed by atoms with van der Waals surface area (Å²) in [6.45, 7) is 2.92. The summed E-state index contributed by atoms with van der Waals surface area (Å²) in [7, 11) is 0. The number of benzene rings is 1. The first kappa shape index (κ1) is 14.2. The Bertz CT molecular complexity index is 581. The van der Waals surface area contributed by atoms with E-state index in [9.17, 15) is 4.79 Å². The highest BCUT2D eigenvalue weighted by atomic mass is 32.1. The van der Waals surface area contributed by atoms with Gasteiger partial charge in [-0.2, -0.15) is 0 Å². The predicted molar refractivity (Wildman–Crippen MR) is 83.1 cm³/mol. The molecule has 1 heterocycles. The molecule has 0 radical (unpaired) electrons. The van der Waals surface area contributed by atoms with Crippen molar-refractivity contribution in [2.24, 2.45) is 5.92 Å². The summed E-state index contributed by atoms with van der Waals surface area (Å²) < 4.78 is 3.82. The Morgan fingerprint density at radius 3 is 2.71 bits per heavy atom. The van der Waals surface area contributed by atoms with Crippen molar-refractivity contribution in [3.8, 4) is 0 Å². The summed E-state index contributed by atoms with van der Waals surface area (Å²) >= 11 is 1.17. The average Bonchev–Trinajstić information content (AvgIpc) is 3.00. The van der Waals surface area contributed by atoms with Crippen molar-refractivity contribution in [3.05, 3.63) is 47.0 Å². The summed E-state index contributed by atoms with van der Waals surface area (Å²) in [5, 5.41) is 3.79. The van der Waals surface area contributed by atoms with Gasteiger partial charge < -0.3 is 4.90 Å². The first-order valence-electron chi connectivity index (χ1n) is 7.39. The van der Waals surface area contributed by atoms with Gasteiger partial charge in [0.1, 0.15) is 4.88 Å². The van der Waals surface area contributed by atoms with Gasteiger partial charge in [-0.3, -0.25) is 4.79 Å². The Morgan fingerprint density at radius 1 is 1.38 bits per heavy atom. The Morgan fingerprint density at radius 2 is 2.14 bits per heavy atom. The van der Waals surface area contributed by atoms with E-state index in [0.717, 1.165) is 6.54 Å². The van der Waals surface area contributed by atoms with Crippen molar-refractivity contribution in [2.45, 2.75) is 32.2 Å². The summed E-state index contributed by atoms with van der Waals surface area (Å²) in [6, 6.07) is 10.3. The molecule has 1 aliphatic rings. The number of rotatable bonds is 5. The van der Waals surface area contributed by atoms with E-state index in [1.807, 2.05) is 23.1 Å². The van der Waals surface area contributed by atoms with Gasteiger partial charge in [-0.25, -0.2) is 0 Å². The lowest BCUT2D eigenvalue weighted by atomic mass is 9.84. The van der Waals surface area contributed by atoms with Gasteiger partial charge in [0.05, 0.1) is 12.2 Å². The first-order chi connectivity index (χ1) is 10.3. The second-order valence-corrected chi connectivity index (χ2v) is 6.41. The van der Waals surface area contributed by atoms with Crippen LogP contribution in [0.1, 0.15) is 47.5 Å². The highest BCUT2D eigenvalue weighted by molar-refractivity contribution is 7.07. The van der Waals surface area contributed by atoms with Crippen molar-refractivity contribution in [2.75, 3.05) is 6.54 Å². The van der Waals surface area contributed by atoms with Crippen LogP contribution >= 0.6 is 11.5 Å². The number of hydrogen-bond acceptors (Lipinski definition) is 4. The van der Waals surface area contributed by atoms with E-state index < -0.39 is 0 Å². The summed E-state index contributed by atoms with van der Waals surface area (Å²) in [5.41, 5.74) is 1.17. The minimum Gasteiger partial charge on any atom is -0.331 e. The average molecular weight is 301 g/mol. The molecule has 1 aromatic carbocycles. The third-order valence-electron chi connectivity index (χ3n) is 4.26. The summed E-state index contributed by atoms with van der Waals surface area (Å²) in [6.07, 6.45) is 5.31. The number of nitrogens with zero attached hydrogens (tertiary/aromatic N) is 3. The predicted octanol–water partition coefficient (Wildman–Crippen LogP) is 3.54. The number of carbonyl (C=O) groups excluding carboxylic acids is 1. The molecule has 1 aliphatic carbocycles. The van der Waals surface area contributed by atoms with Crippen molar-refractivity contribution < 1.29 is 4.79 Å². The van der Waals surface area contributed by atoms with Crippen LogP contribution in [0.15, 0.2) is 36.5 Å². The number of aromatic nitrogens is 2. The maximum absolute atomic E-state index is 12.8. The van der Waals surface area contributed by atoms with E-state index in [2.05, 4.69) is 28.6 Å². The molecule has 0 bridgehead atoms. The molecule has 5 heteroatoms. The molecule has 1 atom stereocenters. The maximum atomic E-state index is 12.8. The Balaban J connectivity index is 1.82. The Labute approximate surface area is 129 Å². The third-order valence-corrected chi connectivity index (χ3v) is 4.91. The number of hydrogen-bond donors (Lipinski definition) is 0. The second-order valence-electron chi connectivity index (χ2n) is 5.62. The van der Waals surface area contributed by atoms with Gasteiger partial charge in [0, 0.05) is 6.54 Å². The van der Waals surface area contributed by atoms with E-state index in [1.165, 1.54) is 36.4 Å². The van der Waals surface area contributed by atoms with E-state index >= 15 is 0 Å². The fraction of sp³-hybridized carbons (Fsp3) is 0.438. The standard InChI is InChI=1S/C16H19N3OS/c1-12(14-8-3-2-4-9-14)19(11-13-6-5-7-13)16(20)15-10-17-18-21-15/h2-4,8-10,12-13H,5-7,11H2,1H3/t12-/m0/s1. The SMILES string of the molecule is C[C@@H](c1ccccc1)N(CC1CCC1)C(=O)c1cnns1. The van der Waals surface area contributed by atoms with Crippen molar-refractivity contribution in [1.82, 2.24) is 14.5 Å². The molecule has 0 unspecified atom stereocenters. The molecular formula is C16H19N3OS. The van der Waals surface area contributed by atoms with Gasteiger partial charge in [0.25, 0.3) is 5.91 Å². The molecule has 1 fully saturated rings. The fourth-order valence-electron chi connectivity index (χ4n) is 2.68. The minimum absolute atomic E-state index is 0.0493. The van der Waals surface area contributed by atoms with Gasteiger partial charge in [-0.15, -0.1) is 5.10 Å². The summed E-state index contributed by atoms with van der Waals surface area (Å²) in [5.74, 6) is 0.689. The van der Waals surface area contributed by atoms with Crippen LogP contribution in [-0.4, -0.2) is 26.9 Å². The normalized spacial score (nSPS) is 16.2. The molecule has 3 rings (SSSR count). The lowest BCUT2D eigenvalue weighted by Crippen LogP contribution is -2.39. The molecule has 1 aromatic heterocycles. The molecule has 1 amide bonds. The zero-order valence-corrected chi connectivity index (χ0v) is 12.9. The van der Waals surface area contributed by atoms with Crippen LogP contribution in [-0.2, 0) is 0 Å². The number of carbonyl (C=O) groups is 1. The van der Waals surface area contributed by atoms with Crippen molar-refractivity contribution >= 4 is 17.4 Å². The van der Waals surface area contributed by atoms with Crippen LogP contribution in [0.2, 0.25) is 0 Å². The zero-order chi connectivity index (χ0) is 14.7. The van der Waals surface area contributed by atoms with E-state index in [4.69, 9.17) is 0 Å². The van der Waals surface area contributed by atoms with Crippen LogP contribution in [0.5, 0.6) is 0 Å². The van der Waals surface area contributed by atoms with Gasteiger partial charge in [0.15, 0.2) is 0 Å². The molecule has 2 aromatic rings.